The quantitative estimate of drug-likeness (QED) is 0.384. The number of aromatic nitrogens is 4. The molecule has 0 amide bonds. The molecule has 3 heterocycles. The Hall–Kier alpha value is -5.02. The molecule has 1 atom stereocenters. The van der Waals surface area contributed by atoms with Crippen LogP contribution in [0.25, 0.3) is 15.5 Å². The molecule has 12 heteroatoms. The first-order valence-electron chi connectivity index (χ1n) is 11.3. The highest BCUT2D eigenvalue weighted by Gasteiger charge is 2.43. The van der Waals surface area contributed by atoms with Crippen molar-refractivity contribution in [2.24, 2.45) is 5.73 Å². The number of fused-ring (bicyclic) bond motifs is 1. The van der Waals surface area contributed by atoms with Gasteiger partial charge in [-0.1, -0.05) is 53.8 Å². The van der Waals surface area contributed by atoms with Gasteiger partial charge in [-0.2, -0.15) is 14.9 Å². The van der Waals surface area contributed by atoms with Gasteiger partial charge in [-0.15, -0.1) is 10.2 Å². The third-order valence-electron chi connectivity index (χ3n) is 6.11. The fourth-order valence-electron chi connectivity index (χ4n) is 4.39. The summed E-state index contributed by atoms with van der Waals surface area (Å²) >= 11 is 1.34. The van der Waals surface area contributed by atoms with Crippen LogP contribution < -0.4 is 10.6 Å². The standard InChI is InChI=1S/C26H21N7O4S/c1-14-29-30-26-33(14)31-23(38-26)16-10-7-11-17(12-16)32-21(25(35)37-3)20(24(34)36-2)19(18(13-27)22(32)28)15-8-5-4-6-9-15/h4-12,19H,28H2,1-3H3. The monoisotopic (exact) mass is 527 g/mol. The summed E-state index contributed by atoms with van der Waals surface area (Å²) in [6.45, 7) is 1.80. The van der Waals surface area contributed by atoms with Gasteiger partial charge < -0.3 is 15.2 Å². The number of allylic oxidation sites excluding steroid dienone is 1. The van der Waals surface area contributed by atoms with Crippen molar-refractivity contribution in [2.45, 2.75) is 12.8 Å². The minimum absolute atomic E-state index is 0.0134. The maximum Gasteiger partial charge on any atom is 0.355 e. The van der Waals surface area contributed by atoms with E-state index < -0.39 is 17.9 Å². The van der Waals surface area contributed by atoms with Crippen molar-refractivity contribution in [1.29, 1.82) is 5.26 Å². The van der Waals surface area contributed by atoms with E-state index in [1.165, 1.54) is 30.5 Å². The number of rotatable bonds is 5. The zero-order chi connectivity index (χ0) is 27.0. The second-order valence-electron chi connectivity index (χ2n) is 8.23. The summed E-state index contributed by atoms with van der Waals surface area (Å²) in [7, 11) is 2.42. The Labute approximate surface area is 221 Å². The number of ether oxygens (including phenoxy) is 2. The van der Waals surface area contributed by atoms with Crippen LogP contribution in [0, 0.1) is 18.3 Å². The van der Waals surface area contributed by atoms with Crippen molar-refractivity contribution < 1.29 is 19.1 Å². The zero-order valence-corrected chi connectivity index (χ0v) is 21.4. The van der Waals surface area contributed by atoms with E-state index in [1.54, 1.807) is 60.0 Å². The average molecular weight is 528 g/mol. The predicted octanol–water partition coefficient (Wildman–Crippen LogP) is 3.06. The molecule has 11 nitrogen and oxygen atoms in total. The maximum absolute atomic E-state index is 13.3. The number of nitriles is 1. The number of esters is 2. The lowest BCUT2D eigenvalue weighted by Gasteiger charge is -2.36. The number of aryl methyl sites for hydroxylation is 1. The fraction of sp³-hybridized carbons (Fsp3) is 0.154. The van der Waals surface area contributed by atoms with Crippen molar-refractivity contribution in [3.63, 3.8) is 0 Å². The van der Waals surface area contributed by atoms with Crippen LogP contribution in [0.1, 0.15) is 17.3 Å². The van der Waals surface area contributed by atoms with Gasteiger partial charge >= 0.3 is 11.9 Å². The van der Waals surface area contributed by atoms with Crippen molar-refractivity contribution in [1.82, 2.24) is 19.8 Å². The first kappa shape index (κ1) is 24.7. The van der Waals surface area contributed by atoms with Crippen molar-refractivity contribution in [2.75, 3.05) is 19.1 Å². The zero-order valence-electron chi connectivity index (χ0n) is 20.6. The van der Waals surface area contributed by atoms with Gasteiger partial charge in [-0.3, -0.25) is 4.90 Å². The number of carbonyl (C=O) groups excluding carboxylic acids is 2. The largest absolute Gasteiger partial charge is 0.466 e. The van der Waals surface area contributed by atoms with Crippen LogP contribution in [-0.4, -0.2) is 46.0 Å². The number of carbonyl (C=O) groups is 2. The molecular formula is C26H21N7O4S. The van der Waals surface area contributed by atoms with Gasteiger partial charge in [0.25, 0.3) is 0 Å². The molecule has 2 aromatic heterocycles. The molecule has 0 fully saturated rings. The Balaban J connectivity index is 1.75. The summed E-state index contributed by atoms with van der Waals surface area (Å²) in [4.78, 5) is 28.4. The third kappa shape index (κ3) is 3.95. The topological polar surface area (TPSA) is 149 Å². The smallest absolute Gasteiger partial charge is 0.355 e. The molecule has 190 valence electrons. The second-order valence-corrected chi connectivity index (χ2v) is 9.19. The number of nitrogens with zero attached hydrogens (tertiary/aromatic N) is 6. The normalized spacial score (nSPS) is 15.5. The van der Waals surface area contributed by atoms with E-state index in [9.17, 15) is 14.9 Å². The van der Waals surface area contributed by atoms with Gasteiger partial charge in [0, 0.05) is 11.3 Å². The molecule has 1 aliphatic rings. The van der Waals surface area contributed by atoms with E-state index in [4.69, 9.17) is 15.2 Å². The summed E-state index contributed by atoms with van der Waals surface area (Å²) < 4.78 is 11.8. The highest BCUT2D eigenvalue weighted by atomic mass is 32.1. The molecule has 2 N–H and O–H groups in total. The SMILES string of the molecule is COC(=O)C1=C(C(=O)OC)N(c2cccc(-c3nn4c(C)nnc4s3)c2)C(N)=C(C#N)C1c1ccccc1. The highest BCUT2D eigenvalue weighted by molar-refractivity contribution is 7.19. The summed E-state index contributed by atoms with van der Waals surface area (Å²) in [6.07, 6.45) is 0. The lowest BCUT2D eigenvalue weighted by molar-refractivity contribution is -0.139. The van der Waals surface area contributed by atoms with Gasteiger partial charge in [0.15, 0.2) is 5.82 Å². The van der Waals surface area contributed by atoms with Crippen LogP contribution >= 0.6 is 11.3 Å². The van der Waals surface area contributed by atoms with Gasteiger partial charge in [-0.25, -0.2) is 9.59 Å². The van der Waals surface area contributed by atoms with Gasteiger partial charge in [0.05, 0.1) is 37.4 Å². The summed E-state index contributed by atoms with van der Waals surface area (Å²) in [5, 5.41) is 23.5. The number of anilines is 1. The number of nitrogens with two attached hydrogens (primary N) is 1. The van der Waals surface area contributed by atoms with Crippen LogP contribution in [0.3, 0.4) is 0 Å². The lowest BCUT2D eigenvalue weighted by Crippen LogP contribution is -2.40. The molecule has 2 aromatic carbocycles. The summed E-state index contributed by atoms with van der Waals surface area (Å²) in [5.41, 5.74) is 8.19. The fourth-order valence-corrected chi connectivity index (χ4v) is 5.27. The van der Waals surface area contributed by atoms with E-state index in [0.717, 1.165) is 0 Å². The predicted molar refractivity (Wildman–Crippen MR) is 138 cm³/mol. The minimum atomic E-state index is -0.940. The molecule has 0 saturated carbocycles. The molecule has 5 rings (SSSR count). The molecule has 1 unspecified atom stereocenters. The Morgan fingerprint density at radius 1 is 1.05 bits per heavy atom. The number of benzene rings is 2. The van der Waals surface area contributed by atoms with Gasteiger partial charge in [0.1, 0.15) is 16.5 Å². The molecule has 0 radical (unpaired) electrons. The van der Waals surface area contributed by atoms with E-state index in [0.29, 0.717) is 32.6 Å². The molecule has 0 bridgehead atoms. The van der Waals surface area contributed by atoms with Crippen LogP contribution in [0.2, 0.25) is 0 Å². The maximum atomic E-state index is 13.3. The van der Waals surface area contributed by atoms with Crippen molar-refractivity contribution in [3.8, 4) is 16.6 Å². The third-order valence-corrected chi connectivity index (χ3v) is 7.06. The van der Waals surface area contributed by atoms with E-state index in [2.05, 4.69) is 21.4 Å². The van der Waals surface area contributed by atoms with Crippen LogP contribution in [0.15, 0.2) is 77.3 Å². The summed E-state index contributed by atoms with van der Waals surface area (Å²) in [5.74, 6) is -1.91. The molecule has 0 spiro atoms. The Morgan fingerprint density at radius 2 is 1.79 bits per heavy atom. The molecule has 38 heavy (non-hydrogen) atoms. The molecule has 4 aromatic rings. The van der Waals surface area contributed by atoms with Gasteiger partial charge in [0.2, 0.25) is 4.96 Å². The average Bonchev–Trinajstić information content (AvgIpc) is 3.53. The number of methoxy groups -OCH3 is 2. The van der Waals surface area contributed by atoms with E-state index in [1.807, 2.05) is 6.07 Å². The number of hydrogen-bond donors (Lipinski definition) is 1. The second kappa shape index (κ2) is 9.79. The molecule has 1 aliphatic heterocycles. The molecular weight excluding hydrogens is 506 g/mol. The van der Waals surface area contributed by atoms with Crippen molar-refractivity contribution in [3.05, 3.63) is 88.6 Å². The number of hydrogen-bond acceptors (Lipinski definition) is 11. The van der Waals surface area contributed by atoms with Crippen LogP contribution in [0.4, 0.5) is 5.69 Å². The Morgan fingerprint density at radius 3 is 2.45 bits per heavy atom. The van der Waals surface area contributed by atoms with Crippen LogP contribution in [0.5, 0.6) is 0 Å². The minimum Gasteiger partial charge on any atom is -0.466 e. The van der Waals surface area contributed by atoms with Crippen molar-refractivity contribution >= 4 is 33.9 Å². The first-order chi connectivity index (χ1) is 18.4. The highest BCUT2D eigenvalue weighted by Crippen LogP contribution is 2.43. The van der Waals surface area contributed by atoms with E-state index in [-0.39, 0.29) is 22.7 Å². The van der Waals surface area contributed by atoms with Gasteiger partial charge in [-0.05, 0) is 24.6 Å². The Kier molecular flexibility index (Phi) is 6.36. The lowest BCUT2D eigenvalue weighted by atomic mass is 9.81. The molecule has 0 saturated heterocycles. The first-order valence-corrected chi connectivity index (χ1v) is 12.2. The molecule has 0 aliphatic carbocycles. The van der Waals surface area contributed by atoms with E-state index >= 15 is 0 Å². The Bertz CT molecular complexity index is 1680. The summed E-state index contributed by atoms with van der Waals surface area (Å²) in [6, 6.07) is 18.0. The van der Waals surface area contributed by atoms with Crippen LogP contribution in [-0.2, 0) is 19.1 Å².